The van der Waals surface area contributed by atoms with Gasteiger partial charge in [-0.25, -0.2) is 0 Å². The Morgan fingerprint density at radius 2 is 2.00 bits per heavy atom. The van der Waals surface area contributed by atoms with Gasteiger partial charge in [0, 0.05) is 30.0 Å². The highest BCUT2D eigenvalue weighted by atomic mass is 35.5. The van der Waals surface area contributed by atoms with Gasteiger partial charge in [-0.2, -0.15) is 0 Å². The molecule has 172 valence electrons. The van der Waals surface area contributed by atoms with E-state index >= 15 is 0 Å². The van der Waals surface area contributed by atoms with E-state index in [1.165, 1.54) is 22.4 Å². The number of fused-ring (bicyclic) bond motifs is 2. The van der Waals surface area contributed by atoms with Crippen LogP contribution in [0.1, 0.15) is 64.8 Å². The maximum Gasteiger partial charge on any atom is 0.181 e. The van der Waals surface area contributed by atoms with Gasteiger partial charge in [0.2, 0.25) is 0 Å². The van der Waals surface area contributed by atoms with Crippen LogP contribution in [0.5, 0.6) is 11.5 Å². The molecule has 5 nitrogen and oxygen atoms in total. The van der Waals surface area contributed by atoms with E-state index in [-0.39, 0.29) is 35.6 Å². The molecule has 0 saturated carbocycles. The van der Waals surface area contributed by atoms with Gasteiger partial charge >= 0.3 is 0 Å². The van der Waals surface area contributed by atoms with Crippen LogP contribution in [0.15, 0.2) is 12.1 Å². The number of hydrogen-bond acceptors (Lipinski definition) is 4. The van der Waals surface area contributed by atoms with Crippen molar-refractivity contribution in [2.45, 2.75) is 57.6 Å². The number of benzene rings is 1. The molecule has 1 saturated heterocycles. The first-order chi connectivity index (χ1) is 14.8. The molecule has 4 atom stereocenters. The van der Waals surface area contributed by atoms with E-state index in [1.54, 1.807) is 7.11 Å². The molecule has 1 spiro atoms. The third kappa shape index (κ3) is 2.36. The van der Waals surface area contributed by atoms with Gasteiger partial charge in [-0.05, 0) is 68.5 Å². The summed E-state index contributed by atoms with van der Waals surface area (Å²) in [7, 11) is 6.08. The largest absolute Gasteiger partial charge is 0.493 e. The number of rotatable bonds is 3. The summed E-state index contributed by atoms with van der Waals surface area (Å²) >= 11 is 0. The van der Waals surface area contributed by atoms with Gasteiger partial charge in [0.05, 0.1) is 18.5 Å². The molecule has 0 radical (unpaired) electrons. The number of ether oxygens (including phenoxy) is 2. The molecule has 32 heavy (non-hydrogen) atoms. The number of aromatic nitrogens is 1. The molecule has 2 bridgehead atoms. The Balaban J connectivity index is 0.00000216. The zero-order valence-electron chi connectivity index (χ0n) is 19.8. The zero-order valence-corrected chi connectivity index (χ0v) is 20.6. The number of nitrogens with zero attached hydrogens (tertiary/aromatic N) is 2. The minimum absolute atomic E-state index is 0. The number of piperidine rings is 1. The second-order valence-corrected chi connectivity index (χ2v) is 10.4. The number of halogens is 1. The van der Waals surface area contributed by atoms with E-state index in [4.69, 9.17) is 9.47 Å². The lowest BCUT2D eigenvalue weighted by Gasteiger charge is -2.57. The molecule has 3 heterocycles. The van der Waals surface area contributed by atoms with Gasteiger partial charge in [0.1, 0.15) is 6.10 Å². The van der Waals surface area contributed by atoms with Gasteiger partial charge in [-0.3, -0.25) is 4.79 Å². The zero-order chi connectivity index (χ0) is 21.8. The first-order valence-electron chi connectivity index (χ1n) is 11.6. The van der Waals surface area contributed by atoms with E-state index in [1.807, 2.05) is 13.8 Å². The van der Waals surface area contributed by atoms with Gasteiger partial charge in [0.25, 0.3) is 0 Å². The smallest absolute Gasteiger partial charge is 0.181 e. The number of methoxy groups -OCH3 is 1. The Labute approximate surface area is 196 Å². The highest BCUT2D eigenvalue weighted by Crippen LogP contribution is 2.67. The van der Waals surface area contributed by atoms with Gasteiger partial charge < -0.3 is 18.9 Å². The van der Waals surface area contributed by atoms with Crippen LogP contribution in [-0.4, -0.2) is 42.0 Å². The first-order valence-corrected chi connectivity index (χ1v) is 11.6. The number of Topliss-reactive ketones (excluding diaryl/α,β-unsaturated/α-hetero) is 1. The Kier molecular flexibility index (Phi) is 4.78. The quantitative estimate of drug-likeness (QED) is 0.642. The molecule has 0 amide bonds. The summed E-state index contributed by atoms with van der Waals surface area (Å²) < 4.78 is 14.8. The van der Waals surface area contributed by atoms with Crippen LogP contribution in [-0.2, 0) is 25.3 Å². The third-order valence-corrected chi connectivity index (χ3v) is 8.84. The van der Waals surface area contributed by atoms with Crippen LogP contribution in [0.3, 0.4) is 0 Å². The molecule has 6 rings (SSSR count). The van der Waals surface area contributed by atoms with Crippen molar-refractivity contribution in [3.05, 3.63) is 45.8 Å². The average molecular weight is 457 g/mol. The van der Waals surface area contributed by atoms with Crippen molar-refractivity contribution < 1.29 is 14.3 Å². The van der Waals surface area contributed by atoms with Crippen molar-refractivity contribution in [2.75, 3.05) is 20.7 Å². The molecule has 2 aromatic rings. The molecule has 1 fully saturated rings. The van der Waals surface area contributed by atoms with E-state index in [0.29, 0.717) is 12.0 Å². The minimum atomic E-state index is -0.0554. The maximum absolute atomic E-state index is 13.2. The highest BCUT2D eigenvalue weighted by Gasteiger charge is 2.65. The Hall–Kier alpha value is -1.98. The second-order valence-electron chi connectivity index (χ2n) is 10.4. The normalized spacial score (nSPS) is 29.2. The lowest BCUT2D eigenvalue weighted by molar-refractivity contribution is -0.0268. The molecular formula is C26H33ClN2O3. The van der Waals surface area contributed by atoms with Crippen molar-refractivity contribution in [1.82, 2.24) is 9.47 Å². The molecular weight excluding hydrogens is 424 g/mol. The molecule has 6 heteroatoms. The fraction of sp³-hybridized carbons (Fsp3) is 0.577. The number of ketones is 1. The van der Waals surface area contributed by atoms with E-state index < -0.39 is 0 Å². The predicted octanol–water partition coefficient (Wildman–Crippen LogP) is 4.41. The van der Waals surface area contributed by atoms with Crippen LogP contribution in [0.25, 0.3) is 0 Å². The summed E-state index contributed by atoms with van der Waals surface area (Å²) in [5.41, 5.74) is 7.36. The fourth-order valence-electron chi connectivity index (χ4n) is 7.40. The monoisotopic (exact) mass is 456 g/mol. The molecule has 1 aromatic heterocycles. The van der Waals surface area contributed by atoms with Crippen LogP contribution >= 0.6 is 12.4 Å². The van der Waals surface area contributed by atoms with Gasteiger partial charge in [-0.1, -0.05) is 19.9 Å². The summed E-state index contributed by atoms with van der Waals surface area (Å²) in [6.07, 6.45) is 3.11. The minimum Gasteiger partial charge on any atom is -0.493 e. The van der Waals surface area contributed by atoms with Crippen molar-refractivity contribution in [3.63, 3.8) is 0 Å². The number of likely N-dealkylation sites (tertiary alicyclic amines) is 1. The Bertz CT molecular complexity index is 1140. The maximum atomic E-state index is 13.2. The van der Waals surface area contributed by atoms with E-state index in [2.05, 4.69) is 42.6 Å². The molecule has 4 unspecified atom stereocenters. The lowest BCUT2D eigenvalue weighted by atomic mass is 9.51. The molecule has 2 aliphatic heterocycles. The number of hydrogen-bond donors (Lipinski definition) is 0. The van der Waals surface area contributed by atoms with Crippen LogP contribution in [0.2, 0.25) is 0 Å². The van der Waals surface area contributed by atoms with Crippen LogP contribution in [0.4, 0.5) is 0 Å². The summed E-state index contributed by atoms with van der Waals surface area (Å²) in [6.45, 7) is 7.21. The standard InChI is InChI=1S/C26H32N2O3.ClH/c1-13(2)23(29)21-14(3)16-12-17-18-11-15-7-8-19(30-6)24-20(15)26(17,9-10-27(18)4)25(31-24)22(16)28(21)5;/h7-8,13,17-18,25H,9-12H2,1-6H3;1H. The third-order valence-electron chi connectivity index (χ3n) is 8.84. The summed E-state index contributed by atoms with van der Waals surface area (Å²) in [4.78, 5) is 15.7. The molecule has 1 aromatic carbocycles. The highest BCUT2D eigenvalue weighted by molar-refractivity contribution is 5.98. The topological polar surface area (TPSA) is 43.7 Å². The average Bonchev–Trinajstić information content (AvgIpc) is 3.21. The number of likely N-dealkylation sites (N-methyl/N-ethyl adjacent to an activating group) is 1. The fourth-order valence-corrected chi connectivity index (χ4v) is 7.40. The second kappa shape index (κ2) is 7.01. The number of carbonyl (C=O) groups is 1. The van der Waals surface area contributed by atoms with Crippen LogP contribution in [0, 0.1) is 18.8 Å². The van der Waals surface area contributed by atoms with Crippen LogP contribution < -0.4 is 9.47 Å². The van der Waals surface area contributed by atoms with E-state index in [9.17, 15) is 4.79 Å². The Morgan fingerprint density at radius 1 is 1.25 bits per heavy atom. The first kappa shape index (κ1) is 21.8. The van der Waals surface area contributed by atoms with Crippen molar-refractivity contribution >= 4 is 18.2 Å². The van der Waals surface area contributed by atoms with Gasteiger partial charge in [-0.15, -0.1) is 12.4 Å². The molecule has 0 N–H and O–H groups in total. The molecule has 4 aliphatic rings. The lowest BCUT2D eigenvalue weighted by Crippen LogP contribution is -2.62. The summed E-state index contributed by atoms with van der Waals surface area (Å²) in [5, 5.41) is 0. The summed E-state index contributed by atoms with van der Waals surface area (Å²) in [5.74, 6) is 2.48. The van der Waals surface area contributed by atoms with E-state index in [0.717, 1.165) is 48.6 Å². The van der Waals surface area contributed by atoms with Crippen molar-refractivity contribution in [1.29, 1.82) is 0 Å². The van der Waals surface area contributed by atoms with Gasteiger partial charge in [0.15, 0.2) is 17.3 Å². The summed E-state index contributed by atoms with van der Waals surface area (Å²) in [6, 6.07) is 4.83. The molecule has 2 aliphatic carbocycles. The predicted molar refractivity (Wildman–Crippen MR) is 127 cm³/mol. The SMILES string of the molecule is COc1ccc2c3c1OC1c4c(c(C)c(C(=O)C(C)C)n4C)CC4C(C2)N(C)CCC314.Cl. The van der Waals surface area contributed by atoms with Crippen molar-refractivity contribution in [3.8, 4) is 11.5 Å². The Morgan fingerprint density at radius 3 is 2.69 bits per heavy atom. The number of carbonyl (C=O) groups excluding carboxylic acids is 1. The van der Waals surface area contributed by atoms with Crippen molar-refractivity contribution in [2.24, 2.45) is 18.9 Å².